The van der Waals surface area contributed by atoms with Crippen molar-refractivity contribution in [1.82, 2.24) is 5.32 Å². The summed E-state index contributed by atoms with van der Waals surface area (Å²) in [6.45, 7) is 11.1. The van der Waals surface area contributed by atoms with Crippen LogP contribution in [0.25, 0.3) is 0 Å². The Morgan fingerprint density at radius 2 is 1.65 bits per heavy atom. The van der Waals surface area contributed by atoms with E-state index in [1.165, 1.54) is 57.8 Å². The molecule has 1 fully saturated rings. The van der Waals surface area contributed by atoms with Gasteiger partial charge in [-0.05, 0) is 45.1 Å². The van der Waals surface area contributed by atoms with Crippen molar-refractivity contribution in [3.8, 4) is 0 Å². The summed E-state index contributed by atoms with van der Waals surface area (Å²) in [5, 5.41) is 3.85. The van der Waals surface area contributed by atoms with E-state index in [1.54, 1.807) is 0 Å². The molecule has 2 unspecified atom stereocenters. The molecule has 1 saturated carbocycles. The van der Waals surface area contributed by atoms with Gasteiger partial charge in [-0.15, -0.1) is 0 Å². The predicted octanol–water partition coefficient (Wildman–Crippen LogP) is 4.92. The van der Waals surface area contributed by atoms with Gasteiger partial charge in [0.2, 0.25) is 0 Å². The van der Waals surface area contributed by atoms with Crippen molar-refractivity contribution < 1.29 is 4.74 Å². The van der Waals surface area contributed by atoms with Gasteiger partial charge in [0.1, 0.15) is 0 Å². The first kappa shape index (κ1) is 18.0. The molecule has 0 radical (unpaired) electrons. The van der Waals surface area contributed by atoms with Crippen molar-refractivity contribution in [2.75, 3.05) is 13.2 Å². The zero-order valence-electron chi connectivity index (χ0n) is 14.3. The third-order valence-corrected chi connectivity index (χ3v) is 4.88. The number of hydrogen-bond donors (Lipinski definition) is 1. The maximum absolute atomic E-state index is 6.41. The number of ether oxygens (including phenoxy) is 1. The molecule has 0 bridgehead atoms. The number of hydrogen-bond acceptors (Lipinski definition) is 2. The van der Waals surface area contributed by atoms with Gasteiger partial charge in [-0.3, -0.25) is 0 Å². The van der Waals surface area contributed by atoms with Gasteiger partial charge in [-0.25, -0.2) is 0 Å². The Balaban J connectivity index is 2.88. The summed E-state index contributed by atoms with van der Waals surface area (Å²) in [4.78, 5) is 0. The zero-order valence-corrected chi connectivity index (χ0v) is 14.3. The van der Waals surface area contributed by atoms with Gasteiger partial charge in [0, 0.05) is 12.6 Å². The van der Waals surface area contributed by atoms with Gasteiger partial charge in [0.05, 0.1) is 5.60 Å². The van der Waals surface area contributed by atoms with Crippen molar-refractivity contribution in [1.29, 1.82) is 0 Å². The Morgan fingerprint density at radius 1 is 1.00 bits per heavy atom. The smallest absolute Gasteiger partial charge is 0.0837 e. The largest absolute Gasteiger partial charge is 0.374 e. The minimum absolute atomic E-state index is 0.0923. The van der Waals surface area contributed by atoms with Crippen LogP contribution in [0.15, 0.2) is 0 Å². The molecule has 0 spiro atoms. The lowest BCUT2D eigenvalue weighted by atomic mass is 9.78. The van der Waals surface area contributed by atoms with Crippen LogP contribution in [0.1, 0.15) is 85.5 Å². The molecule has 0 aromatic heterocycles. The Morgan fingerprint density at radius 3 is 2.15 bits per heavy atom. The first-order chi connectivity index (χ1) is 9.70. The summed E-state index contributed by atoms with van der Waals surface area (Å²) < 4.78 is 6.41. The van der Waals surface area contributed by atoms with Gasteiger partial charge in [0.15, 0.2) is 0 Å². The van der Waals surface area contributed by atoms with Crippen LogP contribution in [0.4, 0.5) is 0 Å². The average Bonchev–Trinajstić information content (AvgIpc) is 2.66. The Kier molecular flexibility index (Phi) is 8.79. The molecule has 1 rings (SSSR count). The molecule has 1 aliphatic rings. The second-order valence-electron chi connectivity index (χ2n) is 6.61. The first-order valence-corrected chi connectivity index (χ1v) is 9.07. The van der Waals surface area contributed by atoms with Crippen LogP contribution in [0, 0.1) is 5.92 Å². The van der Waals surface area contributed by atoms with Gasteiger partial charge >= 0.3 is 0 Å². The molecular weight excluding hydrogens is 246 g/mol. The Labute approximate surface area is 127 Å². The second kappa shape index (κ2) is 9.78. The van der Waals surface area contributed by atoms with Crippen molar-refractivity contribution in [3.05, 3.63) is 0 Å². The minimum atomic E-state index is 0.0923. The molecule has 0 saturated heterocycles. The van der Waals surface area contributed by atoms with Crippen molar-refractivity contribution in [3.63, 3.8) is 0 Å². The molecular formula is C18H37NO. The van der Waals surface area contributed by atoms with Crippen LogP contribution >= 0.6 is 0 Å². The van der Waals surface area contributed by atoms with E-state index in [2.05, 4.69) is 33.0 Å². The summed E-state index contributed by atoms with van der Waals surface area (Å²) in [7, 11) is 0. The van der Waals surface area contributed by atoms with Gasteiger partial charge in [-0.2, -0.15) is 0 Å². The van der Waals surface area contributed by atoms with E-state index in [0.29, 0.717) is 12.0 Å². The van der Waals surface area contributed by atoms with E-state index in [-0.39, 0.29) is 5.60 Å². The van der Waals surface area contributed by atoms with Crippen LogP contribution < -0.4 is 5.32 Å². The first-order valence-electron chi connectivity index (χ1n) is 9.07. The normalized spacial score (nSPS) is 22.2. The van der Waals surface area contributed by atoms with E-state index in [9.17, 15) is 0 Å². The third-order valence-electron chi connectivity index (χ3n) is 4.88. The lowest BCUT2D eigenvalue weighted by Crippen LogP contribution is -2.56. The van der Waals surface area contributed by atoms with Crippen LogP contribution in [0.2, 0.25) is 0 Å². The summed E-state index contributed by atoms with van der Waals surface area (Å²) in [6, 6.07) is 0.528. The molecule has 1 aliphatic carbocycles. The highest BCUT2D eigenvalue weighted by Crippen LogP contribution is 2.37. The monoisotopic (exact) mass is 283 g/mol. The standard InChI is InChI=1S/C18H37NO/c1-5-12-16(4)17(19-15-6-2)18(20-7-3)13-10-8-9-11-14-18/h16-17,19H,5-15H2,1-4H3. The molecule has 0 amide bonds. The molecule has 1 N–H and O–H groups in total. The lowest BCUT2D eigenvalue weighted by Gasteiger charge is -2.44. The predicted molar refractivity (Wildman–Crippen MR) is 88.2 cm³/mol. The number of rotatable bonds is 9. The Hall–Kier alpha value is -0.0800. The van der Waals surface area contributed by atoms with Gasteiger partial charge < -0.3 is 10.1 Å². The van der Waals surface area contributed by atoms with Crippen molar-refractivity contribution >= 4 is 0 Å². The molecule has 0 aromatic rings. The second-order valence-corrected chi connectivity index (χ2v) is 6.61. The highest BCUT2D eigenvalue weighted by atomic mass is 16.5. The fourth-order valence-corrected chi connectivity index (χ4v) is 3.99. The summed E-state index contributed by atoms with van der Waals surface area (Å²) in [6.07, 6.45) is 11.7. The third kappa shape index (κ3) is 5.04. The number of nitrogens with one attached hydrogen (secondary N) is 1. The minimum Gasteiger partial charge on any atom is -0.374 e. The maximum atomic E-state index is 6.41. The maximum Gasteiger partial charge on any atom is 0.0837 e. The van der Waals surface area contributed by atoms with Crippen LogP contribution in [-0.4, -0.2) is 24.8 Å². The van der Waals surface area contributed by atoms with E-state index in [4.69, 9.17) is 4.74 Å². The van der Waals surface area contributed by atoms with Crippen molar-refractivity contribution in [2.24, 2.45) is 5.92 Å². The SMILES string of the molecule is CCCNC(C(C)CCC)C1(OCC)CCCCCC1. The lowest BCUT2D eigenvalue weighted by molar-refractivity contribution is -0.0891. The van der Waals surface area contributed by atoms with E-state index >= 15 is 0 Å². The molecule has 0 aromatic carbocycles. The molecule has 2 heteroatoms. The highest BCUT2D eigenvalue weighted by molar-refractivity contribution is 4.97. The van der Waals surface area contributed by atoms with Crippen LogP contribution in [-0.2, 0) is 4.74 Å². The zero-order chi connectivity index (χ0) is 14.8. The topological polar surface area (TPSA) is 21.3 Å². The Bertz CT molecular complexity index is 234. The average molecular weight is 284 g/mol. The van der Waals surface area contributed by atoms with Gasteiger partial charge in [0.25, 0.3) is 0 Å². The van der Waals surface area contributed by atoms with Gasteiger partial charge in [-0.1, -0.05) is 52.9 Å². The van der Waals surface area contributed by atoms with E-state index in [1.807, 2.05) is 0 Å². The van der Waals surface area contributed by atoms with E-state index < -0.39 is 0 Å². The van der Waals surface area contributed by atoms with E-state index in [0.717, 1.165) is 13.2 Å². The summed E-state index contributed by atoms with van der Waals surface area (Å²) in [5.74, 6) is 0.705. The van der Waals surface area contributed by atoms with Crippen molar-refractivity contribution in [2.45, 2.75) is 97.1 Å². The molecule has 2 nitrogen and oxygen atoms in total. The highest BCUT2D eigenvalue weighted by Gasteiger charge is 2.41. The molecule has 0 heterocycles. The molecule has 0 aliphatic heterocycles. The fraction of sp³-hybridized carbons (Fsp3) is 1.00. The molecule has 20 heavy (non-hydrogen) atoms. The molecule has 120 valence electrons. The quantitative estimate of drug-likeness (QED) is 0.606. The summed E-state index contributed by atoms with van der Waals surface area (Å²) >= 11 is 0. The van der Waals surface area contributed by atoms with Crippen LogP contribution in [0.3, 0.4) is 0 Å². The fourth-order valence-electron chi connectivity index (χ4n) is 3.99. The summed E-state index contributed by atoms with van der Waals surface area (Å²) in [5.41, 5.74) is 0.0923. The van der Waals surface area contributed by atoms with Crippen LogP contribution in [0.5, 0.6) is 0 Å². The molecule has 2 atom stereocenters.